The van der Waals surface area contributed by atoms with Gasteiger partial charge in [-0.25, -0.2) is 0 Å². The van der Waals surface area contributed by atoms with Gasteiger partial charge in [0.25, 0.3) is 5.91 Å². The first kappa shape index (κ1) is 32.4. The van der Waals surface area contributed by atoms with Crippen LogP contribution in [-0.4, -0.2) is 68.0 Å². The zero-order valence-electron chi connectivity index (χ0n) is 24.7. The number of amides is 1. The Morgan fingerprint density at radius 3 is 2.49 bits per heavy atom. The van der Waals surface area contributed by atoms with Crippen molar-refractivity contribution in [2.45, 2.75) is 50.9 Å². The van der Waals surface area contributed by atoms with Crippen molar-refractivity contribution in [1.29, 1.82) is 0 Å². The van der Waals surface area contributed by atoms with Crippen molar-refractivity contribution in [2.75, 3.05) is 55.9 Å². The molecule has 2 aromatic carbocycles. The van der Waals surface area contributed by atoms with Gasteiger partial charge in [0.2, 0.25) is 0 Å². The van der Waals surface area contributed by atoms with Crippen LogP contribution in [-0.2, 0) is 6.54 Å². The highest BCUT2D eigenvalue weighted by molar-refractivity contribution is 7.99. The average molecular weight is 616 g/mol. The van der Waals surface area contributed by atoms with Crippen LogP contribution in [0.3, 0.4) is 0 Å². The second-order valence-corrected chi connectivity index (χ2v) is 11.7. The molecule has 2 aliphatic rings. The molecule has 4 N–H and O–H groups in total. The summed E-state index contributed by atoms with van der Waals surface area (Å²) >= 11 is 2.03. The molecule has 0 atom stereocenters. The Kier molecular flexibility index (Phi) is 11.9. The van der Waals surface area contributed by atoms with Crippen molar-refractivity contribution in [1.82, 2.24) is 15.2 Å². The van der Waals surface area contributed by atoms with Gasteiger partial charge in [0, 0.05) is 54.3 Å². The lowest BCUT2D eigenvalue weighted by atomic mass is 9.95. The van der Waals surface area contributed by atoms with Gasteiger partial charge in [-0.15, -0.1) is 0 Å². The molecule has 0 spiro atoms. The van der Waals surface area contributed by atoms with Crippen LogP contribution in [0.1, 0.15) is 48.2 Å². The first-order valence-corrected chi connectivity index (χ1v) is 15.8. The molecular weight excluding hydrogens is 575 g/mol. The van der Waals surface area contributed by atoms with Crippen LogP contribution in [0.4, 0.5) is 24.5 Å². The Balaban J connectivity index is 0.000000628. The molecule has 1 amide bonds. The maximum atomic E-state index is 13.5. The molecule has 1 saturated heterocycles. The summed E-state index contributed by atoms with van der Waals surface area (Å²) in [6.45, 7) is 1.49. The molecule has 2 fully saturated rings. The van der Waals surface area contributed by atoms with Gasteiger partial charge in [0.05, 0.1) is 30.6 Å². The predicted octanol–water partition coefficient (Wildman–Crippen LogP) is 6.10. The summed E-state index contributed by atoms with van der Waals surface area (Å²) in [5, 5.41) is 13.2. The van der Waals surface area contributed by atoms with Gasteiger partial charge in [0.1, 0.15) is 12.3 Å². The smallest absolute Gasteiger partial charge is 0.406 e. The number of anilines is 2. The molecule has 2 heterocycles. The summed E-state index contributed by atoms with van der Waals surface area (Å²) in [6.07, 6.45) is 1.28. The molecule has 1 aromatic heterocycles. The van der Waals surface area contributed by atoms with E-state index in [1.165, 1.54) is 42.7 Å². The number of methoxy groups -OCH3 is 1. The van der Waals surface area contributed by atoms with Gasteiger partial charge in [-0.05, 0) is 55.2 Å². The van der Waals surface area contributed by atoms with Crippen molar-refractivity contribution in [2.24, 2.45) is 0 Å². The van der Waals surface area contributed by atoms with E-state index in [1.807, 2.05) is 17.8 Å². The van der Waals surface area contributed by atoms with E-state index in [1.54, 1.807) is 43.4 Å². The number of carbonyl (C=O) groups is 1. The number of nitrogens with zero attached hydrogens (tertiary/aromatic N) is 1. The lowest BCUT2D eigenvalue weighted by Gasteiger charge is -2.24. The number of ether oxygens (including phenoxy) is 1. The zero-order chi connectivity index (χ0) is 30.7. The normalized spacial score (nSPS) is 15.5. The number of thioether (sulfide) groups is 1. The minimum Gasteiger partial charge on any atom is -0.495 e. The topological polar surface area (TPSA) is 79.4 Å². The van der Waals surface area contributed by atoms with Crippen molar-refractivity contribution in [3.8, 4) is 17.6 Å². The van der Waals surface area contributed by atoms with Crippen LogP contribution in [0.2, 0.25) is 0 Å². The average Bonchev–Trinajstić information content (AvgIpc) is 3.37. The van der Waals surface area contributed by atoms with E-state index < -0.39 is 12.7 Å². The molecule has 5 rings (SSSR count). The van der Waals surface area contributed by atoms with E-state index in [2.05, 4.69) is 33.1 Å². The fraction of sp³-hybridized carbons (Fsp3) is 0.469. The van der Waals surface area contributed by atoms with Gasteiger partial charge in [-0.3, -0.25) is 4.79 Å². The third kappa shape index (κ3) is 9.50. The molecule has 1 aliphatic carbocycles. The second-order valence-electron chi connectivity index (χ2n) is 10.5. The number of halogens is 3. The molecule has 1 saturated carbocycles. The van der Waals surface area contributed by atoms with Crippen molar-refractivity contribution >= 4 is 39.9 Å². The SMILES string of the molecule is C1CSCCN1.CNC(=O)c1ccc(NCC#Cc2cc3c(NC4CCCCC4)cccc3n2CC(F)(F)F)c(OC)c1. The summed E-state index contributed by atoms with van der Waals surface area (Å²) in [4.78, 5) is 11.9. The number of hydrogen-bond donors (Lipinski definition) is 4. The third-order valence-electron chi connectivity index (χ3n) is 7.37. The van der Waals surface area contributed by atoms with Crippen molar-refractivity contribution < 1.29 is 22.7 Å². The van der Waals surface area contributed by atoms with Crippen LogP contribution in [0.25, 0.3) is 10.9 Å². The molecule has 11 heteroatoms. The maximum absolute atomic E-state index is 13.5. The number of benzene rings is 2. The minimum absolute atomic E-state index is 0.177. The second kappa shape index (κ2) is 15.8. The van der Waals surface area contributed by atoms with E-state index in [0.717, 1.165) is 36.8 Å². The Labute approximate surface area is 255 Å². The molecule has 1 aliphatic heterocycles. The van der Waals surface area contributed by atoms with Crippen LogP contribution in [0.5, 0.6) is 5.75 Å². The maximum Gasteiger partial charge on any atom is 0.406 e. The van der Waals surface area contributed by atoms with Crippen LogP contribution >= 0.6 is 11.8 Å². The molecule has 43 heavy (non-hydrogen) atoms. The van der Waals surface area contributed by atoms with Gasteiger partial charge in [-0.2, -0.15) is 24.9 Å². The van der Waals surface area contributed by atoms with Crippen LogP contribution in [0, 0.1) is 11.8 Å². The van der Waals surface area contributed by atoms with E-state index in [-0.39, 0.29) is 12.5 Å². The molecule has 0 unspecified atom stereocenters. The highest BCUT2D eigenvalue weighted by Crippen LogP contribution is 2.32. The van der Waals surface area contributed by atoms with Crippen LogP contribution in [0.15, 0.2) is 42.5 Å². The largest absolute Gasteiger partial charge is 0.495 e. The first-order valence-electron chi connectivity index (χ1n) is 14.7. The Hall–Kier alpha value is -3.49. The molecule has 7 nitrogen and oxygen atoms in total. The van der Waals surface area contributed by atoms with Crippen LogP contribution < -0.4 is 26.0 Å². The first-order chi connectivity index (χ1) is 20.8. The van der Waals surface area contributed by atoms with Gasteiger partial charge in [0.15, 0.2) is 0 Å². The standard InChI is InChI=1S/C28H31F3N4O2.C4H9NS/c1-32-27(36)19-13-14-24(26(16-19)37-2)33-15-7-10-21-17-22-23(34-20-8-4-3-5-9-20)11-6-12-25(22)35(21)18-28(29,30)31;1-3-6-4-2-5-1/h6,11-14,16-17,20,33-34H,3-5,8-9,15,18H2,1-2H3,(H,32,36);5H,1-4H2. The molecule has 232 valence electrons. The summed E-state index contributed by atoms with van der Waals surface area (Å²) in [5.41, 5.74) is 2.72. The summed E-state index contributed by atoms with van der Waals surface area (Å²) < 4.78 is 47.0. The monoisotopic (exact) mass is 615 g/mol. The van der Waals surface area contributed by atoms with Gasteiger partial charge >= 0.3 is 6.18 Å². The van der Waals surface area contributed by atoms with E-state index >= 15 is 0 Å². The third-order valence-corrected chi connectivity index (χ3v) is 8.35. The van der Waals surface area contributed by atoms with Crippen molar-refractivity contribution in [3.05, 3.63) is 53.7 Å². The van der Waals surface area contributed by atoms with E-state index in [4.69, 9.17) is 4.74 Å². The summed E-state index contributed by atoms with van der Waals surface area (Å²) in [6, 6.07) is 12.4. The highest BCUT2D eigenvalue weighted by Gasteiger charge is 2.30. The Morgan fingerprint density at radius 1 is 1.09 bits per heavy atom. The van der Waals surface area contributed by atoms with Gasteiger partial charge in [-0.1, -0.05) is 31.2 Å². The number of fused-ring (bicyclic) bond motifs is 1. The number of rotatable bonds is 7. The molecule has 0 bridgehead atoms. The molecular formula is C32H40F3N5O2S. The van der Waals surface area contributed by atoms with Crippen molar-refractivity contribution in [3.63, 3.8) is 0 Å². The number of aromatic nitrogens is 1. The lowest BCUT2D eigenvalue weighted by Crippen LogP contribution is -2.24. The fourth-order valence-corrected chi connectivity index (χ4v) is 6.02. The number of hydrogen-bond acceptors (Lipinski definition) is 6. The Bertz CT molecular complexity index is 1410. The van der Waals surface area contributed by atoms with E-state index in [9.17, 15) is 18.0 Å². The molecule has 3 aromatic rings. The van der Waals surface area contributed by atoms with Gasteiger partial charge < -0.3 is 30.6 Å². The Morgan fingerprint density at radius 2 is 1.86 bits per heavy atom. The summed E-state index contributed by atoms with van der Waals surface area (Å²) in [7, 11) is 3.04. The summed E-state index contributed by atoms with van der Waals surface area (Å²) in [5.74, 6) is 8.69. The lowest BCUT2D eigenvalue weighted by molar-refractivity contribution is -0.140. The number of carbonyl (C=O) groups excluding carboxylic acids is 1. The zero-order valence-corrected chi connectivity index (χ0v) is 25.5. The fourth-order valence-electron chi connectivity index (χ4n) is 5.24. The minimum atomic E-state index is -4.38. The highest BCUT2D eigenvalue weighted by atomic mass is 32.2. The van der Waals surface area contributed by atoms with E-state index in [0.29, 0.717) is 34.3 Å². The number of nitrogens with one attached hydrogen (secondary N) is 4. The number of alkyl halides is 3. The molecule has 0 radical (unpaired) electrons. The quantitative estimate of drug-likeness (QED) is 0.241. The predicted molar refractivity (Wildman–Crippen MR) is 170 cm³/mol.